The summed E-state index contributed by atoms with van der Waals surface area (Å²) in [7, 11) is 0. The highest BCUT2D eigenvalue weighted by molar-refractivity contribution is 5.74. The molecule has 0 radical (unpaired) electrons. The minimum atomic E-state index is 0.0359. The van der Waals surface area contributed by atoms with E-state index < -0.39 is 0 Å². The van der Waals surface area contributed by atoms with Gasteiger partial charge < -0.3 is 4.74 Å². The molecule has 2 unspecified atom stereocenters. The Labute approximate surface area is 105 Å². The van der Waals surface area contributed by atoms with E-state index in [2.05, 4.69) is 20.8 Å². The van der Waals surface area contributed by atoms with Gasteiger partial charge in [0, 0.05) is 5.92 Å². The summed E-state index contributed by atoms with van der Waals surface area (Å²) < 4.78 is 5.57. The maximum Gasteiger partial charge on any atom is 0.309 e. The summed E-state index contributed by atoms with van der Waals surface area (Å²) in [6, 6.07) is 0. The Morgan fingerprint density at radius 1 is 1.41 bits per heavy atom. The molecule has 0 bridgehead atoms. The van der Waals surface area contributed by atoms with Gasteiger partial charge in [0.1, 0.15) is 6.10 Å². The van der Waals surface area contributed by atoms with E-state index in [4.69, 9.17) is 4.74 Å². The highest BCUT2D eigenvalue weighted by Gasteiger charge is 2.49. The van der Waals surface area contributed by atoms with Gasteiger partial charge in [-0.25, -0.2) is 0 Å². The zero-order valence-corrected chi connectivity index (χ0v) is 11.7. The van der Waals surface area contributed by atoms with E-state index in [1.807, 2.05) is 6.92 Å². The molecule has 0 aromatic rings. The van der Waals surface area contributed by atoms with Gasteiger partial charge in [0.05, 0.1) is 5.92 Å². The molecule has 4 atom stereocenters. The molecule has 1 aliphatic heterocycles. The topological polar surface area (TPSA) is 26.3 Å². The van der Waals surface area contributed by atoms with Crippen LogP contribution in [-0.4, -0.2) is 12.1 Å². The van der Waals surface area contributed by atoms with Crippen LogP contribution in [0.15, 0.2) is 0 Å². The quantitative estimate of drug-likeness (QED) is 0.699. The van der Waals surface area contributed by atoms with Crippen molar-refractivity contribution in [2.24, 2.45) is 23.2 Å². The van der Waals surface area contributed by atoms with Gasteiger partial charge >= 0.3 is 5.97 Å². The third kappa shape index (κ3) is 2.11. The van der Waals surface area contributed by atoms with Crippen molar-refractivity contribution in [3.8, 4) is 0 Å². The highest BCUT2D eigenvalue weighted by Crippen LogP contribution is 2.51. The van der Waals surface area contributed by atoms with Gasteiger partial charge in [0.15, 0.2) is 0 Å². The Morgan fingerprint density at radius 3 is 2.65 bits per heavy atom. The highest BCUT2D eigenvalue weighted by atomic mass is 16.6. The Kier molecular flexibility index (Phi) is 3.51. The minimum absolute atomic E-state index is 0.0359. The number of carbonyl (C=O) groups is 1. The van der Waals surface area contributed by atoms with Crippen molar-refractivity contribution < 1.29 is 9.53 Å². The molecule has 0 aromatic heterocycles. The number of fused-ring (bicyclic) bond motifs is 1. The van der Waals surface area contributed by atoms with Crippen molar-refractivity contribution in [3.05, 3.63) is 0 Å². The van der Waals surface area contributed by atoms with Gasteiger partial charge in [-0.2, -0.15) is 0 Å². The normalized spacial score (nSPS) is 41.5. The summed E-state index contributed by atoms with van der Waals surface area (Å²) in [5, 5.41) is 0. The molecule has 2 rings (SSSR count). The second-order valence-electron chi connectivity index (χ2n) is 6.34. The molecule has 0 amide bonds. The fraction of sp³-hybridized carbons (Fsp3) is 0.933. The van der Waals surface area contributed by atoms with Crippen LogP contribution in [0.5, 0.6) is 0 Å². The Balaban J connectivity index is 2.10. The van der Waals surface area contributed by atoms with E-state index in [1.165, 1.54) is 25.7 Å². The summed E-state index contributed by atoms with van der Waals surface area (Å²) in [4.78, 5) is 11.6. The van der Waals surface area contributed by atoms with Crippen molar-refractivity contribution in [2.75, 3.05) is 0 Å². The average Bonchev–Trinajstić information content (AvgIpc) is 2.55. The Bertz CT molecular complexity index is 295. The number of carbonyl (C=O) groups excluding carboxylic acids is 1. The number of ether oxygens (including phenoxy) is 1. The fourth-order valence-electron chi connectivity index (χ4n) is 4.17. The van der Waals surface area contributed by atoms with Crippen LogP contribution in [0.3, 0.4) is 0 Å². The standard InChI is InChI=1S/C15H26O2/c1-5-11(6-2)15(4)8-7-12-10(3)14(16)17-13(12)9-15/h10-13H,5-9H2,1-4H3/t10-,12?,13-,15?/m1/s1. The molecule has 2 nitrogen and oxygen atoms in total. The molecule has 2 aliphatic rings. The van der Waals surface area contributed by atoms with E-state index in [9.17, 15) is 4.79 Å². The smallest absolute Gasteiger partial charge is 0.309 e. The summed E-state index contributed by atoms with van der Waals surface area (Å²) >= 11 is 0. The lowest BCUT2D eigenvalue weighted by atomic mass is 9.61. The van der Waals surface area contributed by atoms with Crippen LogP contribution < -0.4 is 0 Å². The molecule has 1 saturated heterocycles. The van der Waals surface area contributed by atoms with E-state index in [1.54, 1.807) is 0 Å². The van der Waals surface area contributed by atoms with Crippen molar-refractivity contribution in [3.63, 3.8) is 0 Å². The third-order valence-corrected chi connectivity index (χ3v) is 5.45. The molecule has 1 heterocycles. The molecule has 2 fully saturated rings. The lowest BCUT2D eigenvalue weighted by Gasteiger charge is -2.44. The monoisotopic (exact) mass is 238 g/mol. The van der Waals surface area contributed by atoms with Crippen molar-refractivity contribution in [2.45, 2.75) is 65.9 Å². The molecule has 0 spiro atoms. The van der Waals surface area contributed by atoms with Crippen molar-refractivity contribution in [1.29, 1.82) is 0 Å². The number of rotatable bonds is 3. The van der Waals surface area contributed by atoms with Crippen LogP contribution in [0.2, 0.25) is 0 Å². The van der Waals surface area contributed by atoms with Crippen LogP contribution >= 0.6 is 0 Å². The van der Waals surface area contributed by atoms with Gasteiger partial charge in [0.25, 0.3) is 0 Å². The number of hydrogen-bond acceptors (Lipinski definition) is 2. The third-order valence-electron chi connectivity index (χ3n) is 5.45. The van der Waals surface area contributed by atoms with E-state index >= 15 is 0 Å². The van der Waals surface area contributed by atoms with Crippen LogP contribution in [0, 0.1) is 23.2 Å². The predicted octanol–water partition coefficient (Wildman–Crippen LogP) is 3.79. The lowest BCUT2D eigenvalue weighted by Crippen LogP contribution is -2.39. The summed E-state index contributed by atoms with van der Waals surface area (Å²) in [6.45, 7) is 9.01. The fourth-order valence-corrected chi connectivity index (χ4v) is 4.17. The summed E-state index contributed by atoms with van der Waals surface area (Å²) in [5.74, 6) is 1.43. The molecule has 0 aromatic carbocycles. The van der Waals surface area contributed by atoms with Crippen molar-refractivity contribution in [1.82, 2.24) is 0 Å². The first-order valence-corrected chi connectivity index (χ1v) is 7.22. The van der Waals surface area contributed by atoms with E-state index in [0.717, 1.165) is 12.3 Å². The Hall–Kier alpha value is -0.530. The average molecular weight is 238 g/mol. The van der Waals surface area contributed by atoms with E-state index in [0.29, 0.717) is 11.3 Å². The first-order chi connectivity index (χ1) is 8.01. The maximum atomic E-state index is 11.6. The minimum Gasteiger partial charge on any atom is -0.462 e. The summed E-state index contributed by atoms with van der Waals surface area (Å²) in [5.41, 5.74) is 0.384. The molecular weight excluding hydrogens is 212 g/mol. The number of hydrogen-bond donors (Lipinski definition) is 0. The number of esters is 1. The molecule has 17 heavy (non-hydrogen) atoms. The van der Waals surface area contributed by atoms with Crippen LogP contribution in [0.25, 0.3) is 0 Å². The largest absolute Gasteiger partial charge is 0.462 e. The predicted molar refractivity (Wildman–Crippen MR) is 68.6 cm³/mol. The lowest BCUT2D eigenvalue weighted by molar-refractivity contribution is -0.145. The molecule has 1 saturated carbocycles. The van der Waals surface area contributed by atoms with Gasteiger partial charge in [0.2, 0.25) is 0 Å². The van der Waals surface area contributed by atoms with Crippen LogP contribution in [0.1, 0.15) is 59.8 Å². The summed E-state index contributed by atoms with van der Waals surface area (Å²) in [6.07, 6.45) is 6.21. The first kappa shape index (κ1) is 12.9. The van der Waals surface area contributed by atoms with Gasteiger partial charge in [-0.05, 0) is 30.6 Å². The first-order valence-electron chi connectivity index (χ1n) is 7.22. The maximum absolute atomic E-state index is 11.6. The zero-order chi connectivity index (χ0) is 12.6. The SMILES string of the molecule is CCC(CC)C1(C)CCC2[C@@H](C1)OC(=O)[C@@H]2C. The van der Waals surface area contributed by atoms with Crippen LogP contribution in [0.4, 0.5) is 0 Å². The van der Waals surface area contributed by atoms with Crippen molar-refractivity contribution >= 4 is 5.97 Å². The molecule has 0 N–H and O–H groups in total. The van der Waals surface area contributed by atoms with Gasteiger partial charge in [-0.1, -0.05) is 40.5 Å². The Morgan fingerprint density at radius 2 is 2.06 bits per heavy atom. The second-order valence-corrected chi connectivity index (χ2v) is 6.34. The second kappa shape index (κ2) is 4.62. The van der Waals surface area contributed by atoms with Gasteiger partial charge in [-0.15, -0.1) is 0 Å². The molecule has 1 aliphatic carbocycles. The molecule has 2 heteroatoms. The zero-order valence-electron chi connectivity index (χ0n) is 11.7. The molecule has 98 valence electrons. The molecular formula is C15H26O2. The van der Waals surface area contributed by atoms with Crippen LogP contribution in [-0.2, 0) is 9.53 Å². The van der Waals surface area contributed by atoms with Gasteiger partial charge in [-0.3, -0.25) is 4.79 Å². The van der Waals surface area contributed by atoms with E-state index in [-0.39, 0.29) is 18.0 Å².